The van der Waals surface area contributed by atoms with Crippen LogP contribution in [0.5, 0.6) is 5.75 Å². The number of nitrogens with zero attached hydrogens (tertiary/aromatic N) is 2. The topological polar surface area (TPSA) is 26.5 Å². The van der Waals surface area contributed by atoms with Crippen LogP contribution in [-0.2, 0) is 6.61 Å². The maximum atomic E-state index is 6.87. The normalized spacial score (nSPS) is 9.44. The summed E-state index contributed by atoms with van der Waals surface area (Å²) in [5.41, 5.74) is 1.58. The third-order valence-corrected chi connectivity index (χ3v) is 2.08. The average Bonchev–Trinajstić information content (AvgIpc) is 2.38. The first-order chi connectivity index (χ1) is 7.88. The van der Waals surface area contributed by atoms with E-state index < -0.39 is 0 Å². The second-order valence-corrected chi connectivity index (χ2v) is 3.26. The highest BCUT2D eigenvalue weighted by molar-refractivity contribution is 5.45. The highest BCUT2D eigenvalue weighted by Gasteiger charge is 1.97. The van der Waals surface area contributed by atoms with Crippen molar-refractivity contribution in [3.8, 4) is 5.75 Å². The Morgan fingerprint density at radius 3 is 2.75 bits per heavy atom. The molecule has 0 fully saturated rings. The lowest BCUT2D eigenvalue weighted by Crippen LogP contribution is -1.94. The predicted octanol–water partition coefficient (Wildman–Crippen LogP) is 3.21. The Bertz CT molecular complexity index is 503. The number of aromatic nitrogens is 1. The molecule has 2 aromatic rings. The first-order valence-electron chi connectivity index (χ1n) is 4.88. The number of rotatable bonds is 3. The van der Waals surface area contributed by atoms with Crippen LogP contribution >= 0.6 is 0 Å². The molecule has 0 atom stereocenters. The van der Waals surface area contributed by atoms with Crippen LogP contribution in [0.25, 0.3) is 4.85 Å². The summed E-state index contributed by atoms with van der Waals surface area (Å²) in [4.78, 5) is 7.22. The Morgan fingerprint density at radius 2 is 2.00 bits per heavy atom. The Kier molecular flexibility index (Phi) is 3.15. The summed E-state index contributed by atoms with van der Waals surface area (Å²) < 4.78 is 5.53. The van der Waals surface area contributed by atoms with E-state index in [0.717, 1.165) is 5.56 Å². The summed E-state index contributed by atoms with van der Waals surface area (Å²) in [5.74, 6) is 0.623. The molecule has 1 heterocycles. The lowest BCUT2D eigenvalue weighted by atomic mass is 10.2. The molecule has 1 aromatic carbocycles. The van der Waals surface area contributed by atoms with Gasteiger partial charge in [0.25, 0.3) is 0 Å². The van der Waals surface area contributed by atoms with Crippen LogP contribution in [-0.4, -0.2) is 4.98 Å². The summed E-state index contributed by atoms with van der Waals surface area (Å²) >= 11 is 0. The van der Waals surface area contributed by atoms with Crippen LogP contribution in [0.15, 0.2) is 48.8 Å². The molecular weight excluding hydrogens is 200 g/mol. The Labute approximate surface area is 94.2 Å². The number of pyridine rings is 1. The van der Waals surface area contributed by atoms with Gasteiger partial charge in [0, 0.05) is 6.20 Å². The van der Waals surface area contributed by atoms with E-state index in [1.165, 1.54) is 6.20 Å². The van der Waals surface area contributed by atoms with Crippen LogP contribution in [0.4, 0.5) is 5.69 Å². The zero-order valence-electron chi connectivity index (χ0n) is 8.63. The monoisotopic (exact) mass is 210 g/mol. The van der Waals surface area contributed by atoms with E-state index in [1.807, 2.05) is 30.3 Å². The molecule has 0 N–H and O–H groups in total. The quantitative estimate of drug-likeness (QED) is 0.727. The molecule has 0 amide bonds. The van der Waals surface area contributed by atoms with Gasteiger partial charge in [-0.1, -0.05) is 30.3 Å². The van der Waals surface area contributed by atoms with Crippen LogP contribution in [0.2, 0.25) is 0 Å². The molecule has 78 valence electrons. The van der Waals surface area contributed by atoms with Crippen molar-refractivity contribution in [1.29, 1.82) is 0 Å². The van der Waals surface area contributed by atoms with Crippen molar-refractivity contribution in [1.82, 2.24) is 4.98 Å². The highest BCUT2D eigenvalue weighted by Crippen LogP contribution is 2.18. The molecular formula is C13H10N2O. The van der Waals surface area contributed by atoms with Gasteiger partial charge in [-0.05, 0) is 11.6 Å². The smallest absolute Gasteiger partial charge is 0.208 e. The largest absolute Gasteiger partial charge is 0.489 e. The van der Waals surface area contributed by atoms with E-state index in [4.69, 9.17) is 11.3 Å². The minimum absolute atomic E-state index is 0.490. The molecule has 0 aliphatic carbocycles. The van der Waals surface area contributed by atoms with Gasteiger partial charge in [-0.3, -0.25) is 4.98 Å². The second kappa shape index (κ2) is 4.94. The second-order valence-electron chi connectivity index (χ2n) is 3.26. The Balaban J connectivity index is 2.03. The molecule has 0 radical (unpaired) electrons. The molecule has 0 aliphatic heterocycles. The molecule has 2 rings (SSSR count). The molecule has 1 aromatic heterocycles. The maximum absolute atomic E-state index is 6.87. The van der Waals surface area contributed by atoms with Crippen LogP contribution in [0.1, 0.15) is 5.56 Å². The lowest BCUT2D eigenvalue weighted by molar-refractivity contribution is 0.305. The molecule has 0 unspecified atom stereocenters. The molecule has 0 aliphatic rings. The van der Waals surface area contributed by atoms with Crippen LogP contribution < -0.4 is 4.74 Å². The van der Waals surface area contributed by atoms with Gasteiger partial charge < -0.3 is 4.74 Å². The Morgan fingerprint density at radius 1 is 1.19 bits per heavy atom. The molecule has 3 nitrogen and oxygen atoms in total. The minimum atomic E-state index is 0.490. The number of ether oxygens (including phenoxy) is 1. The van der Waals surface area contributed by atoms with Crippen LogP contribution in [0.3, 0.4) is 0 Å². The van der Waals surface area contributed by atoms with Gasteiger partial charge in [0.15, 0.2) is 0 Å². The first kappa shape index (κ1) is 10.2. The fraction of sp³-hybridized carbons (Fsp3) is 0.0769. The summed E-state index contributed by atoms with van der Waals surface area (Å²) in [6.45, 7) is 7.36. The van der Waals surface area contributed by atoms with Gasteiger partial charge >= 0.3 is 0 Å². The average molecular weight is 210 g/mol. The van der Waals surface area contributed by atoms with Crippen molar-refractivity contribution < 1.29 is 4.74 Å². The highest BCUT2D eigenvalue weighted by atomic mass is 16.5. The third kappa shape index (κ3) is 2.58. The number of hydrogen-bond donors (Lipinski definition) is 0. The SMILES string of the molecule is [C-]#[N+]c1cncc(OCc2ccccc2)c1. The first-order valence-corrected chi connectivity index (χ1v) is 4.88. The van der Waals surface area contributed by atoms with E-state index in [2.05, 4.69) is 9.83 Å². The molecule has 16 heavy (non-hydrogen) atoms. The summed E-state index contributed by atoms with van der Waals surface area (Å²) in [6.07, 6.45) is 3.12. The molecule has 3 heteroatoms. The van der Waals surface area contributed by atoms with E-state index >= 15 is 0 Å². The van der Waals surface area contributed by atoms with Crippen LogP contribution in [0, 0.1) is 6.57 Å². The van der Waals surface area contributed by atoms with Gasteiger partial charge in [-0.25, -0.2) is 4.85 Å². The summed E-state index contributed by atoms with van der Waals surface area (Å²) in [6, 6.07) is 11.6. The van der Waals surface area contributed by atoms with Gasteiger partial charge in [-0.15, -0.1) is 0 Å². The number of hydrogen-bond acceptors (Lipinski definition) is 2. The van der Waals surface area contributed by atoms with Gasteiger partial charge in [0.1, 0.15) is 12.4 Å². The predicted molar refractivity (Wildman–Crippen MR) is 61.3 cm³/mol. The zero-order chi connectivity index (χ0) is 11.2. The van der Waals surface area contributed by atoms with Gasteiger partial charge in [0.05, 0.1) is 12.8 Å². The zero-order valence-corrected chi connectivity index (χ0v) is 8.63. The maximum Gasteiger partial charge on any atom is 0.208 e. The van der Waals surface area contributed by atoms with Crippen molar-refractivity contribution >= 4 is 5.69 Å². The van der Waals surface area contributed by atoms with Crippen molar-refractivity contribution in [2.45, 2.75) is 6.61 Å². The fourth-order valence-corrected chi connectivity index (χ4v) is 1.29. The van der Waals surface area contributed by atoms with Crippen molar-refractivity contribution in [2.24, 2.45) is 0 Å². The van der Waals surface area contributed by atoms with Gasteiger partial charge in [-0.2, -0.15) is 0 Å². The van der Waals surface area contributed by atoms with E-state index in [9.17, 15) is 0 Å². The van der Waals surface area contributed by atoms with E-state index in [1.54, 1.807) is 12.3 Å². The van der Waals surface area contributed by atoms with Crippen molar-refractivity contribution in [3.05, 3.63) is 65.8 Å². The third-order valence-electron chi connectivity index (χ3n) is 2.08. The van der Waals surface area contributed by atoms with E-state index in [-0.39, 0.29) is 0 Å². The Hall–Kier alpha value is -2.34. The summed E-state index contributed by atoms with van der Waals surface area (Å²) in [7, 11) is 0. The van der Waals surface area contributed by atoms with E-state index in [0.29, 0.717) is 18.0 Å². The summed E-state index contributed by atoms with van der Waals surface area (Å²) in [5, 5.41) is 0. The van der Waals surface area contributed by atoms with Crippen molar-refractivity contribution in [3.63, 3.8) is 0 Å². The molecule has 0 spiro atoms. The lowest BCUT2D eigenvalue weighted by Gasteiger charge is -2.05. The van der Waals surface area contributed by atoms with Gasteiger partial charge in [0.2, 0.25) is 5.69 Å². The molecule has 0 saturated carbocycles. The minimum Gasteiger partial charge on any atom is -0.489 e. The molecule has 0 saturated heterocycles. The van der Waals surface area contributed by atoms with Crippen molar-refractivity contribution in [2.75, 3.05) is 0 Å². The molecule has 0 bridgehead atoms. The fourth-order valence-electron chi connectivity index (χ4n) is 1.29. The standard InChI is InChI=1S/C13H10N2O/c1-14-12-7-13(9-15-8-12)16-10-11-5-3-2-4-6-11/h2-9H,10H2. The number of benzene rings is 1.